The summed E-state index contributed by atoms with van der Waals surface area (Å²) in [6.45, 7) is 8.70. The molecule has 0 atom stereocenters. The fourth-order valence-corrected chi connectivity index (χ4v) is 2.87. The van der Waals surface area contributed by atoms with Crippen LogP contribution < -0.4 is 5.19 Å². The lowest BCUT2D eigenvalue weighted by molar-refractivity contribution is 0.478. The Balaban J connectivity index is 2.76. The van der Waals surface area contributed by atoms with Gasteiger partial charge in [-0.1, -0.05) is 37.3 Å². The molecule has 0 bridgehead atoms. The highest BCUT2D eigenvalue weighted by Crippen LogP contribution is 2.08. The predicted octanol–water partition coefficient (Wildman–Crippen LogP) is 3.43. The van der Waals surface area contributed by atoms with Crippen LogP contribution in [0, 0.1) is 0 Å². The SMILES string of the molecule is CC/C(C)=C/O[Si](C)(C)c1ccccc1. The summed E-state index contributed by atoms with van der Waals surface area (Å²) in [6, 6.07) is 10.5. The van der Waals surface area contributed by atoms with Crippen molar-refractivity contribution in [1.82, 2.24) is 0 Å². The van der Waals surface area contributed by atoms with E-state index < -0.39 is 8.32 Å². The van der Waals surface area contributed by atoms with Gasteiger partial charge in [-0.3, -0.25) is 0 Å². The number of allylic oxidation sites excluding steroid dienone is 1. The van der Waals surface area contributed by atoms with E-state index in [0.29, 0.717) is 0 Å². The van der Waals surface area contributed by atoms with Crippen molar-refractivity contribution >= 4 is 13.5 Å². The summed E-state index contributed by atoms with van der Waals surface area (Å²) in [5.41, 5.74) is 1.30. The molecule has 1 aromatic rings. The minimum Gasteiger partial charge on any atom is -0.545 e. The van der Waals surface area contributed by atoms with Gasteiger partial charge in [0, 0.05) is 0 Å². The summed E-state index contributed by atoms with van der Waals surface area (Å²) < 4.78 is 5.95. The Labute approximate surface area is 93.9 Å². The van der Waals surface area contributed by atoms with Gasteiger partial charge in [0.15, 0.2) is 0 Å². The van der Waals surface area contributed by atoms with Gasteiger partial charge in [-0.05, 0) is 37.2 Å². The van der Waals surface area contributed by atoms with Crippen LogP contribution in [0.25, 0.3) is 0 Å². The molecule has 0 unspecified atom stereocenters. The molecule has 0 aliphatic carbocycles. The highest BCUT2D eigenvalue weighted by Gasteiger charge is 2.25. The van der Waals surface area contributed by atoms with Crippen LogP contribution in [-0.4, -0.2) is 8.32 Å². The van der Waals surface area contributed by atoms with Crippen LogP contribution >= 0.6 is 0 Å². The first-order chi connectivity index (χ1) is 7.06. The Morgan fingerprint density at radius 3 is 2.40 bits per heavy atom. The number of hydrogen-bond donors (Lipinski definition) is 0. The van der Waals surface area contributed by atoms with Gasteiger partial charge in [0.1, 0.15) is 0 Å². The monoisotopic (exact) mass is 220 g/mol. The van der Waals surface area contributed by atoms with E-state index in [2.05, 4.69) is 51.2 Å². The van der Waals surface area contributed by atoms with Crippen LogP contribution in [0.3, 0.4) is 0 Å². The summed E-state index contributed by atoms with van der Waals surface area (Å²) in [4.78, 5) is 0. The van der Waals surface area contributed by atoms with Crippen LogP contribution in [0.15, 0.2) is 42.2 Å². The molecule has 0 aliphatic heterocycles. The van der Waals surface area contributed by atoms with Crippen molar-refractivity contribution < 1.29 is 4.43 Å². The van der Waals surface area contributed by atoms with Gasteiger partial charge in [0.25, 0.3) is 8.32 Å². The van der Waals surface area contributed by atoms with Crippen molar-refractivity contribution in [3.8, 4) is 0 Å². The zero-order chi connectivity index (χ0) is 11.3. The summed E-state index contributed by atoms with van der Waals surface area (Å²) in [5.74, 6) is 0. The Morgan fingerprint density at radius 2 is 1.87 bits per heavy atom. The highest BCUT2D eigenvalue weighted by atomic mass is 28.4. The first-order valence-electron chi connectivity index (χ1n) is 5.45. The topological polar surface area (TPSA) is 9.23 Å². The molecule has 0 heterocycles. The van der Waals surface area contributed by atoms with E-state index >= 15 is 0 Å². The summed E-state index contributed by atoms with van der Waals surface area (Å²) in [7, 11) is -1.73. The number of rotatable bonds is 4. The third kappa shape index (κ3) is 3.55. The normalized spacial score (nSPS) is 12.7. The van der Waals surface area contributed by atoms with Crippen molar-refractivity contribution in [2.45, 2.75) is 33.4 Å². The average molecular weight is 220 g/mol. The molecule has 82 valence electrons. The van der Waals surface area contributed by atoms with Crippen LogP contribution in [-0.2, 0) is 4.43 Å². The fourth-order valence-electron chi connectivity index (χ4n) is 1.24. The molecular formula is C13H20OSi. The van der Waals surface area contributed by atoms with Gasteiger partial charge in [-0.25, -0.2) is 0 Å². The zero-order valence-electron chi connectivity index (χ0n) is 10.1. The Kier molecular flexibility index (Phi) is 4.15. The Morgan fingerprint density at radius 1 is 1.27 bits per heavy atom. The van der Waals surface area contributed by atoms with Crippen molar-refractivity contribution in [3.63, 3.8) is 0 Å². The zero-order valence-corrected chi connectivity index (χ0v) is 11.1. The summed E-state index contributed by atoms with van der Waals surface area (Å²) in [5, 5.41) is 1.34. The van der Waals surface area contributed by atoms with Crippen molar-refractivity contribution in [3.05, 3.63) is 42.2 Å². The molecule has 0 saturated heterocycles. The predicted molar refractivity (Wildman–Crippen MR) is 68.7 cm³/mol. The van der Waals surface area contributed by atoms with E-state index in [4.69, 9.17) is 4.43 Å². The van der Waals surface area contributed by atoms with E-state index in [-0.39, 0.29) is 0 Å². The molecule has 0 aromatic heterocycles. The third-order valence-corrected chi connectivity index (χ3v) is 5.01. The molecule has 1 aromatic carbocycles. The summed E-state index contributed by atoms with van der Waals surface area (Å²) >= 11 is 0. The van der Waals surface area contributed by atoms with Crippen molar-refractivity contribution in [2.75, 3.05) is 0 Å². The lowest BCUT2D eigenvalue weighted by atomic mass is 10.3. The Bertz CT molecular complexity index is 328. The van der Waals surface area contributed by atoms with E-state index in [1.54, 1.807) is 0 Å². The molecule has 0 N–H and O–H groups in total. The van der Waals surface area contributed by atoms with E-state index in [1.165, 1.54) is 10.8 Å². The van der Waals surface area contributed by atoms with Crippen molar-refractivity contribution in [2.24, 2.45) is 0 Å². The van der Waals surface area contributed by atoms with Gasteiger partial charge >= 0.3 is 0 Å². The smallest absolute Gasteiger partial charge is 0.276 e. The van der Waals surface area contributed by atoms with E-state index in [0.717, 1.165) is 6.42 Å². The van der Waals surface area contributed by atoms with E-state index in [1.807, 2.05) is 12.3 Å². The molecule has 1 nitrogen and oxygen atoms in total. The number of benzene rings is 1. The largest absolute Gasteiger partial charge is 0.545 e. The maximum atomic E-state index is 5.95. The average Bonchev–Trinajstić information content (AvgIpc) is 2.27. The molecule has 2 heteroatoms. The first-order valence-corrected chi connectivity index (χ1v) is 8.36. The van der Waals surface area contributed by atoms with Gasteiger partial charge in [-0.2, -0.15) is 0 Å². The molecule has 0 saturated carbocycles. The second kappa shape index (κ2) is 5.17. The first kappa shape index (κ1) is 12.0. The van der Waals surface area contributed by atoms with Gasteiger partial charge in [-0.15, -0.1) is 0 Å². The van der Waals surface area contributed by atoms with Crippen LogP contribution in [0.1, 0.15) is 20.3 Å². The van der Waals surface area contributed by atoms with Gasteiger partial charge in [0.2, 0.25) is 0 Å². The summed E-state index contributed by atoms with van der Waals surface area (Å²) in [6.07, 6.45) is 2.98. The fraction of sp³-hybridized carbons (Fsp3) is 0.385. The minimum absolute atomic E-state index is 1.05. The van der Waals surface area contributed by atoms with Gasteiger partial charge in [0.05, 0.1) is 6.26 Å². The highest BCUT2D eigenvalue weighted by molar-refractivity contribution is 6.84. The molecule has 0 fully saturated rings. The standard InChI is InChI=1S/C13H20OSi/c1-5-12(2)11-14-15(3,4)13-9-7-6-8-10-13/h6-11H,5H2,1-4H3/b12-11+. The van der Waals surface area contributed by atoms with E-state index in [9.17, 15) is 0 Å². The molecule has 0 aliphatic rings. The molecular weight excluding hydrogens is 200 g/mol. The second-order valence-corrected chi connectivity index (χ2v) is 8.15. The molecule has 0 amide bonds. The lowest BCUT2D eigenvalue weighted by Crippen LogP contribution is -2.43. The quantitative estimate of drug-likeness (QED) is 0.558. The molecule has 15 heavy (non-hydrogen) atoms. The third-order valence-electron chi connectivity index (χ3n) is 2.58. The van der Waals surface area contributed by atoms with Crippen LogP contribution in [0.2, 0.25) is 13.1 Å². The van der Waals surface area contributed by atoms with Crippen LogP contribution in [0.4, 0.5) is 0 Å². The van der Waals surface area contributed by atoms with Crippen molar-refractivity contribution in [1.29, 1.82) is 0 Å². The van der Waals surface area contributed by atoms with Crippen LogP contribution in [0.5, 0.6) is 0 Å². The maximum absolute atomic E-state index is 5.95. The second-order valence-electron chi connectivity index (χ2n) is 4.31. The maximum Gasteiger partial charge on any atom is 0.276 e. The molecule has 1 rings (SSSR count). The van der Waals surface area contributed by atoms with Gasteiger partial charge < -0.3 is 4.43 Å². The molecule has 0 spiro atoms. The Hall–Kier alpha value is -1.02. The molecule has 0 radical (unpaired) electrons. The number of hydrogen-bond acceptors (Lipinski definition) is 1. The lowest BCUT2D eigenvalue weighted by Gasteiger charge is -2.22. The minimum atomic E-state index is -1.73.